The lowest BCUT2D eigenvalue weighted by atomic mass is 9.72. The van der Waals surface area contributed by atoms with Gasteiger partial charge in [-0.2, -0.15) is 0 Å². The molecule has 0 aromatic rings. The zero-order valence-corrected chi connectivity index (χ0v) is 7.89. The van der Waals surface area contributed by atoms with Gasteiger partial charge in [-0.3, -0.25) is 0 Å². The molecule has 1 heteroatoms. The minimum atomic E-state index is 0.373. The van der Waals surface area contributed by atoms with E-state index in [2.05, 4.69) is 19.9 Å². The Hall–Kier alpha value is -0.720. The van der Waals surface area contributed by atoms with Gasteiger partial charge in [-0.15, -0.1) is 0 Å². The van der Waals surface area contributed by atoms with Crippen LogP contribution in [0.2, 0.25) is 0 Å². The molecule has 1 aliphatic heterocycles. The standard InChI is InChI=1S/C11H16O/c1-11(2)6-3-4-9-5-7-12-8-10(9)11/h5,7H,3-4,6,8H2,1-2H3. The van der Waals surface area contributed by atoms with E-state index in [0.29, 0.717) is 5.41 Å². The molecule has 1 aliphatic carbocycles. The van der Waals surface area contributed by atoms with Crippen LogP contribution in [-0.4, -0.2) is 6.61 Å². The van der Waals surface area contributed by atoms with Gasteiger partial charge in [0, 0.05) is 0 Å². The molecule has 0 aromatic heterocycles. The molecule has 0 unspecified atom stereocenters. The summed E-state index contributed by atoms with van der Waals surface area (Å²) in [6.07, 6.45) is 7.86. The summed E-state index contributed by atoms with van der Waals surface area (Å²) < 4.78 is 5.34. The molecule has 0 fully saturated rings. The molecule has 0 spiro atoms. The molecule has 0 amide bonds. The monoisotopic (exact) mass is 164 g/mol. The summed E-state index contributed by atoms with van der Waals surface area (Å²) in [5, 5.41) is 0. The van der Waals surface area contributed by atoms with Crippen molar-refractivity contribution in [1.29, 1.82) is 0 Å². The van der Waals surface area contributed by atoms with E-state index in [1.54, 1.807) is 0 Å². The third kappa shape index (κ3) is 1.17. The predicted molar refractivity (Wildman–Crippen MR) is 49.8 cm³/mol. The lowest BCUT2D eigenvalue weighted by Crippen LogP contribution is -2.24. The zero-order valence-electron chi connectivity index (χ0n) is 7.89. The highest BCUT2D eigenvalue weighted by Crippen LogP contribution is 2.41. The average Bonchev–Trinajstić information content (AvgIpc) is 2.04. The van der Waals surface area contributed by atoms with Gasteiger partial charge < -0.3 is 4.74 Å². The summed E-state index contributed by atoms with van der Waals surface area (Å²) in [5.41, 5.74) is 3.42. The Morgan fingerprint density at radius 1 is 1.42 bits per heavy atom. The van der Waals surface area contributed by atoms with E-state index < -0.39 is 0 Å². The van der Waals surface area contributed by atoms with Crippen molar-refractivity contribution in [3.63, 3.8) is 0 Å². The first kappa shape index (κ1) is 7.90. The fourth-order valence-electron chi connectivity index (χ4n) is 2.19. The second kappa shape index (κ2) is 2.65. The molecule has 2 aliphatic rings. The first-order valence-corrected chi connectivity index (χ1v) is 4.71. The second-order valence-corrected chi connectivity index (χ2v) is 4.35. The Morgan fingerprint density at radius 2 is 2.25 bits per heavy atom. The Balaban J connectivity index is 2.37. The van der Waals surface area contributed by atoms with Crippen molar-refractivity contribution < 1.29 is 4.74 Å². The van der Waals surface area contributed by atoms with E-state index in [0.717, 1.165) is 6.61 Å². The fourth-order valence-corrected chi connectivity index (χ4v) is 2.19. The summed E-state index contributed by atoms with van der Waals surface area (Å²) in [4.78, 5) is 0. The van der Waals surface area contributed by atoms with E-state index >= 15 is 0 Å². The minimum Gasteiger partial charge on any atom is -0.497 e. The SMILES string of the molecule is CC1(C)CCCC2=C1COC=C2. The number of rotatable bonds is 0. The topological polar surface area (TPSA) is 9.23 Å². The molecule has 12 heavy (non-hydrogen) atoms. The largest absolute Gasteiger partial charge is 0.497 e. The first-order valence-electron chi connectivity index (χ1n) is 4.71. The van der Waals surface area contributed by atoms with Crippen LogP contribution in [0.1, 0.15) is 33.1 Å². The number of hydrogen-bond acceptors (Lipinski definition) is 1. The quantitative estimate of drug-likeness (QED) is 0.534. The van der Waals surface area contributed by atoms with Crippen LogP contribution in [-0.2, 0) is 4.74 Å². The van der Waals surface area contributed by atoms with Crippen LogP contribution in [0, 0.1) is 5.41 Å². The van der Waals surface area contributed by atoms with Gasteiger partial charge in [0.05, 0.1) is 6.26 Å². The average molecular weight is 164 g/mol. The lowest BCUT2D eigenvalue weighted by Gasteiger charge is -2.35. The van der Waals surface area contributed by atoms with Crippen molar-refractivity contribution in [2.75, 3.05) is 6.61 Å². The van der Waals surface area contributed by atoms with Gasteiger partial charge in [0.2, 0.25) is 0 Å². The third-order valence-electron chi connectivity index (χ3n) is 3.05. The van der Waals surface area contributed by atoms with Gasteiger partial charge in [0.1, 0.15) is 6.61 Å². The Morgan fingerprint density at radius 3 is 3.00 bits per heavy atom. The van der Waals surface area contributed by atoms with Gasteiger partial charge in [0.25, 0.3) is 0 Å². The molecule has 0 atom stereocenters. The van der Waals surface area contributed by atoms with E-state index in [9.17, 15) is 0 Å². The van der Waals surface area contributed by atoms with Crippen LogP contribution in [0.15, 0.2) is 23.5 Å². The molecular weight excluding hydrogens is 148 g/mol. The summed E-state index contributed by atoms with van der Waals surface area (Å²) in [6.45, 7) is 5.47. The highest BCUT2D eigenvalue weighted by atomic mass is 16.5. The first-order chi connectivity index (χ1) is 5.70. The van der Waals surface area contributed by atoms with E-state index in [1.165, 1.54) is 30.4 Å². The zero-order chi connectivity index (χ0) is 8.60. The van der Waals surface area contributed by atoms with Gasteiger partial charge in [0.15, 0.2) is 0 Å². The van der Waals surface area contributed by atoms with Crippen LogP contribution in [0.5, 0.6) is 0 Å². The van der Waals surface area contributed by atoms with Crippen molar-refractivity contribution in [3.05, 3.63) is 23.5 Å². The molecule has 0 radical (unpaired) electrons. The summed E-state index contributed by atoms with van der Waals surface area (Å²) >= 11 is 0. The van der Waals surface area contributed by atoms with E-state index in [-0.39, 0.29) is 0 Å². The van der Waals surface area contributed by atoms with Crippen LogP contribution < -0.4 is 0 Å². The van der Waals surface area contributed by atoms with E-state index in [4.69, 9.17) is 4.74 Å². The maximum Gasteiger partial charge on any atom is 0.109 e. The number of allylic oxidation sites excluding steroid dienone is 2. The highest BCUT2D eigenvalue weighted by Gasteiger charge is 2.30. The molecular formula is C11H16O. The predicted octanol–water partition coefficient (Wildman–Crippen LogP) is 3.04. The second-order valence-electron chi connectivity index (χ2n) is 4.35. The lowest BCUT2D eigenvalue weighted by molar-refractivity contribution is 0.226. The number of ether oxygens (including phenoxy) is 1. The molecule has 0 saturated carbocycles. The minimum absolute atomic E-state index is 0.373. The number of hydrogen-bond donors (Lipinski definition) is 0. The fraction of sp³-hybridized carbons (Fsp3) is 0.636. The van der Waals surface area contributed by atoms with Gasteiger partial charge in [-0.25, -0.2) is 0 Å². The maximum atomic E-state index is 5.34. The molecule has 1 heterocycles. The van der Waals surface area contributed by atoms with Crippen LogP contribution >= 0.6 is 0 Å². The van der Waals surface area contributed by atoms with Crippen LogP contribution in [0.4, 0.5) is 0 Å². The smallest absolute Gasteiger partial charge is 0.109 e. The summed E-state index contributed by atoms with van der Waals surface area (Å²) in [7, 11) is 0. The molecule has 0 N–H and O–H groups in total. The molecule has 2 rings (SSSR count). The Labute approximate surface area is 74.1 Å². The van der Waals surface area contributed by atoms with Gasteiger partial charge in [-0.1, -0.05) is 13.8 Å². The molecule has 0 bridgehead atoms. The van der Waals surface area contributed by atoms with Crippen molar-refractivity contribution in [1.82, 2.24) is 0 Å². The van der Waals surface area contributed by atoms with Crippen LogP contribution in [0.3, 0.4) is 0 Å². The van der Waals surface area contributed by atoms with Crippen LogP contribution in [0.25, 0.3) is 0 Å². The normalized spacial score (nSPS) is 26.5. The van der Waals surface area contributed by atoms with E-state index in [1.807, 2.05) is 6.26 Å². The Bertz CT molecular complexity index is 246. The third-order valence-corrected chi connectivity index (χ3v) is 3.05. The maximum absolute atomic E-state index is 5.34. The highest BCUT2D eigenvalue weighted by molar-refractivity contribution is 5.33. The van der Waals surface area contributed by atoms with Crippen molar-refractivity contribution in [2.24, 2.45) is 5.41 Å². The van der Waals surface area contributed by atoms with Crippen molar-refractivity contribution in [2.45, 2.75) is 33.1 Å². The summed E-state index contributed by atoms with van der Waals surface area (Å²) in [6, 6.07) is 0. The van der Waals surface area contributed by atoms with Gasteiger partial charge in [-0.05, 0) is 41.9 Å². The van der Waals surface area contributed by atoms with Crippen molar-refractivity contribution >= 4 is 0 Å². The molecule has 66 valence electrons. The van der Waals surface area contributed by atoms with Crippen molar-refractivity contribution in [3.8, 4) is 0 Å². The van der Waals surface area contributed by atoms with Gasteiger partial charge >= 0.3 is 0 Å². The molecule has 1 nitrogen and oxygen atoms in total. The Kier molecular flexibility index (Phi) is 1.75. The molecule has 0 saturated heterocycles. The summed E-state index contributed by atoms with van der Waals surface area (Å²) in [5.74, 6) is 0. The molecule has 0 aromatic carbocycles.